The van der Waals surface area contributed by atoms with Crippen LogP contribution in [-0.4, -0.2) is 50.6 Å². The molecule has 2 aliphatic rings. The number of nitrogens with one attached hydrogen (secondary N) is 2. The predicted molar refractivity (Wildman–Crippen MR) is 68.9 cm³/mol. The van der Waals surface area contributed by atoms with Crippen LogP contribution in [0.25, 0.3) is 0 Å². The lowest BCUT2D eigenvalue weighted by Crippen LogP contribution is -2.50. The molecule has 17 heavy (non-hydrogen) atoms. The summed E-state index contributed by atoms with van der Waals surface area (Å²) in [7, 11) is 3.88. The second-order valence-corrected chi connectivity index (χ2v) is 5.86. The molecule has 0 aromatic rings. The molecule has 1 aliphatic heterocycles. The zero-order valence-corrected chi connectivity index (χ0v) is 11.1. The van der Waals surface area contributed by atoms with Gasteiger partial charge >= 0.3 is 0 Å². The lowest BCUT2D eigenvalue weighted by atomic mass is 9.74. The van der Waals surface area contributed by atoms with Crippen molar-refractivity contribution in [2.24, 2.45) is 5.41 Å². The molecule has 98 valence electrons. The fraction of sp³-hybridized carbons (Fsp3) is 0.923. The quantitative estimate of drug-likeness (QED) is 0.757. The van der Waals surface area contributed by atoms with E-state index in [4.69, 9.17) is 0 Å². The lowest BCUT2D eigenvalue weighted by molar-refractivity contribution is -0.123. The van der Waals surface area contributed by atoms with Gasteiger partial charge in [0.15, 0.2) is 0 Å². The van der Waals surface area contributed by atoms with E-state index >= 15 is 0 Å². The third-order valence-corrected chi connectivity index (χ3v) is 4.30. The first-order chi connectivity index (χ1) is 8.12. The largest absolute Gasteiger partial charge is 0.352 e. The summed E-state index contributed by atoms with van der Waals surface area (Å²) in [6.45, 7) is 2.73. The Labute approximate surface area is 104 Å². The van der Waals surface area contributed by atoms with E-state index in [2.05, 4.69) is 10.6 Å². The summed E-state index contributed by atoms with van der Waals surface area (Å²) >= 11 is 0. The monoisotopic (exact) mass is 239 g/mol. The van der Waals surface area contributed by atoms with E-state index in [1.54, 1.807) is 0 Å². The lowest BCUT2D eigenvalue weighted by Gasteiger charge is -2.39. The van der Waals surface area contributed by atoms with Crippen molar-refractivity contribution in [3.63, 3.8) is 0 Å². The predicted octanol–water partition coefficient (Wildman–Crippen LogP) is 0.587. The summed E-state index contributed by atoms with van der Waals surface area (Å²) in [5, 5.41) is 6.68. The van der Waals surface area contributed by atoms with E-state index in [1.165, 1.54) is 32.1 Å². The van der Waals surface area contributed by atoms with Gasteiger partial charge in [-0.15, -0.1) is 0 Å². The number of hydrogen-bond acceptors (Lipinski definition) is 3. The molecule has 1 spiro atoms. The van der Waals surface area contributed by atoms with Gasteiger partial charge in [-0.2, -0.15) is 0 Å². The fourth-order valence-electron chi connectivity index (χ4n) is 3.41. The molecule has 1 amide bonds. The fourth-order valence-corrected chi connectivity index (χ4v) is 3.41. The molecular weight excluding hydrogens is 214 g/mol. The van der Waals surface area contributed by atoms with E-state index in [0.717, 1.165) is 13.1 Å². The molecular formula is C13H25N3O. The van der Waals surface area contributed by atoms with Crippen LogP contribution in [0.15, 0.2) is 0 Å². The van der Waals surface area contributed by atoms with Gasteiger partial charge in [-0.1, -0.05) is 6.42 Å². The Morgan fingerprint density at radius 1 is 1.35 bits per heavy atom. The Morgan fingerprint density at radius 3 is 2.71 bits per heavy atom. The van der Waals surface area contributed by atoms with Gasteiger partial charge < -0.3 is 15.5 Å². The van der Waals surface area contributed by atoms with Gasteiger partial charge in [0, 0.05) is 6.04 Å². The molecule has 2 fully saturated rings. The molecule has 4 nitrogen and oxygen atoms in total. The van der Waals surface area contributed by atoms with Crippen LogP contribution in [0.5, 0.6) is 0 Å². The maximum absolute atomic E-state index is 11.9. The van der Waals surface area contributed by atoms with Crippen LogP contribution in [0.1, 0.15) is 32.1 Å². The third kappa shape index (κ3) is 2.99. The normalized spacial score (nSPS) is 27.6. The highest BCUT2D eigenvalue weighted by Crippen LogP contribution is 2.45. The van der Waals surface area contributed by atoms with Crippen molar-refractivity contribution >= 4 is 5.91 Å². The van der Waals surface area contributed by atoms with Crippen molar-refractivity contribution < 1.29 is 4.79 Å². The average molecular weight is 239 g/mol. The number of amides is 1. The molecule has 0 radical (unpaired) electrons. The summed E-state index contributed by atoms with van der Waals surface area (Å²) in [4.78, 5) is 13.8. The molecule has 0 aromatic heterocycles. The minimum atomic E-state index is 0.180. The van der Waals surface area contributed by atoms with E-state index in [0.29, 0.717) is 18.0 Å². The highest BCUT2D eigenvalue weighted by Gasteiger charge is 2.43. The van der Waals surface area contributed by atoms with Crippen molar-refractivity contribution in [3.8, 4) is 0 Å². The second kappa shape index (κ2) is 5.36. The molecule has 1 unspecified atom stereocenters. The first-order valence-corrected chi connectivity index (χ1v) is 6.77. The SMILES string of the molecule is CN(C)CC(=O)NC1CCCC12CCNCC2. The van der Waals surface area contributed by atoms with Crippen LogP contribution < -0.4 is 10.6 Å². The first kappa shape index (κ1) is 12.8. The van der Waals surface area contributed by atoms with Crippen molar-refractivity contribution in [2.45, 2.75) is 38.1 Å². The van der Waals surface area contributed by atoms with Crippen molar-refractivity contribution in [2.75, 3.05) is 33.7 Å². The summed E-state index contributed by atoms with van der Waals surface area (Å²) in [6.07, 6.45) is 6.17. The van der Waals surface area contributed by atoms with Crippen molar-refractivity contribution in [1.82, 2.24) is 15.5 Å². The van der Waals surface area contributed by atoms with Crippen LogP contribution >= 0.6 is 0 Å². The number of likely N-dealkylation sites (N-methyl/N-ethyl adjacent to an activating group) is 1. The van der Waals surface area contributed by atoms with Crippen molar-refractivity contribution in [3.05, 3.63) is 0 Å². The summed E-state index contributed by atoms with van der Waals surface area (Å²) in [5.41, 5.74) is 0.396. The molecule has 2 N–H and O–H groups in total. The zero-order chi connectivity index (χ0) is 12.3. The standard InChI is InChI=1S/C13H25N3O/c1-16(2)10-12(17)15-11-4-3-5-13(11)6-8-14-9-7-13/h11,14H,3-10H2,1-2H3,(H,15,17). The molecule has 1 saturated carbocycles. The Bertz CT molecular complexity index is 272. The van der Waals surface area contributed by atoms with Crippen LogP contribution in [0.3, 0.4) is 0 Å². The maximum atomic E-state index is 11.9. The summed E-state index contributed by atoms with van der Waals surface area (Å²) in [6, 6.07) is 0.414. The van der Waals surface area contributed by atoms with Crippen molar-refractivity contribution in [1.29, 1.82) is 0 Å². The molecule has 0 bridgehead atoms. The van der Waals surface area contributed by atoms with Crippen LogP contribution in [0.2, 0.25) is 0 Å². The van der Waals surface area contributed by atoms with E-state index in [1.807, 2.05) is 19.0 Å². The molecule has 1 aliphatic carbocycles. The minimum Gasteiger partial charge on any atom is -0.352 e. The third-order valence-electron chi connectivity index (χ3n) is 4.30. The van der Waals surface area contributed by atoms with Gasteiger partial charge in [-0.05, 0) is 58.3 Å². The number of carbonyl (C=O) groups is 1. The van der Waals surface area contributed by atoms with Gasteiger partial charge in [-0.3, -0.25) is 4.79 Å². The van der Waals surface area contributed by atoms with Gasteiger partial charge in [0.05, 0.1) is 6.54 Å². The van der Waals surface area contributed by atoms with Gasteiger partial charge in [0.2, 0.25) is 5.91 Å². The number of carbonyl (C=O) groups excluding carboxylic acids is 1. The minimum absolute atomic E-state index is 0.180. The molecule has 4 heteroatoms. The maximum Gasteiger partial charge on any atom is 0.234 e. The molecule has 1 heterocycles. The van der Waals surface area contributed by atoms with Gasteiger partial charge in [-0.25, -0.2) is 0 Å². The second-order valence-electron chi connectivity index (χ2n) is 5.86. The highest BCUT2D eigenvalue weighted by atomic mass is 16.2. The van der Waals surface area contributed by atoms with Crippen LogP contribution in [0.4, 0.5) is 0 Å². The summed E-state index contributed by atoms with van der Waals surface area (Å²) in [5.74, 6) is 0.180. The Hall–Kier alpha value is -0.610. The molecule has 1 atom stereocenters. The number of rotatable bonds is 3. The average Bonchev–Trinajstić information content (AvgIpc) is 2.61. The van der Waals surface area contributed by atoms with E-state index in [9.17, 15) is 4.79 Å². The van der Waals surface area contributed by atoms with Crippen LogP contribution in [0, 0.1) is 5.41 Å². The van der Waals surface area contributed by atoms with Crippen LogP contribution in [-0.2, 0) is 4.79 Å². The Morgan fingerprint density at radius 2 is 2.06 bits per heavy atom. The topological polar surface area (TPSA) is 44.4 Å². The first-order valence-electron chi connectivity index (χ1n) is 6.77. The van der Waals surface area contributed by atoms with Gasteiger partial charge in [0.1, 0.15) is 0 Å². The highest BCUT2D eigenvalue weighted by molar-refractivity contribution is 5.78. The number of hydrogen-bond donors (Lipinski definition) is 2. The molecule has 2 rings (SSSR count). The summed E-state index contributed by atoms with van der Waals surface area (Å²) < 4.78 is 0. The Balaban J connectivity index is 1.92. The zero-order valence-electron chi connectivity index (χ0n) is 11.1. The van der Waals surface area contributed by atoms with E-state index < -0.39 is 0 Å². The smallest absolute Gasteiger partial charge is 0.234 e. The number of piperidine rings is 1. The van der Waals surface area contributed by atoms with Gasteiger partial charge in [0.25, 0.3) is 0 Å². The van der Waals surface area contributed by atoms with E-state index in [-0.39, 0.29) is 5.91 Å². The molecule has 1 saturated heterocycles. The number of nitrogens with zero attached hydrogens (tertiary/aromatic N) is 1. The molecule has 0 aromatic carbocycles. The Kier molecular flexibility index (Phi) is 4.05.